The molecule has 0 aliphatic rings. The standard InChI is InChI=1S/C7H14N4/c1-5(8)4-11-7(3)9-6(2)10-11/h5H,4,8H2,1-3H3/t5-/m0/s1. The van der Waals surface area contributed by atoms with E-state index < -0.39 is 0 Å². The number of rotatable bonds is 2. The minimum Gasteiger partial charge on any atom is -0.326 e. The van der Waals surface area contributed by atoms with E-state index in [1.54, 1.807) is 0 Å². The molecule has 0 saturated carbocycles. The minimum atomic E-state index is 0.134. The molecule has 1 aromatic heterocycles. The van der Waals surface area contributed by atoms with Crippen molar-refractivity contribution in [2.24, 2.45) is 5.73 Å². The highest BCUT2D eigenvalue weighted by atomic mass is 15.3. The molecule has 1 rings (SSSR count). The summed E-state index contributed by atoms with van der Waals surface area (Å²) in [6, 6.07) is 0.134. The number of aromatic nitrogens is 3. The van der Waals surface area contributed by atoms with Crippen LogP contribution in [0.3, 0.4) is 0 Å². The summed E-state index contributed by atoms with van der Waals surface area (Å²) in [5.74, 6) is 1.74. The molecular formula is C7H14N4. The molecule has 4 heteroatoms. The van der Waals surface area contributed by atoms with Crippen molar-refractivity contribution in [3.05, 3.63) is 11.6 Å². The van der Waals surface area contributed by atoms with Crippen LogP contribution in [0.25, 0.3) is 0 Å². The van der Waals surface area contributed by atoms with Crippen LogP contribution in [-0.4, -0.2) is 20.8 Å². The SMILES string of the molecule is Cc1nc(C)n(C[C@H](C)N)n1. The molecule has 0 aliphatic carbocycles. The van der Waals surface area contributed by atoms with Crippen molar-refractivity contribution in [3.8, 4) is 0 Å². The second kappa shape index (κ2) is 3.00. The summed E-state index contributed by atoms with van der Waals surface area (Å²) in [5.41, 5.74) is 5.61. The molecule has 4 nitrogen and oxygen atoms in total. The monoisotopic (exact) mass is 154 g/mol. The molecule has 0 spiro atoms. The predicted molar refractivity (Wildman–Crippen MR) is 43.1 cm³/mol. The van der Waals surface area contributed by atoms with Crippen LogP contribution in [0.4, 0.5) is 0 Å². The zero-order chi connectivity index (χ0) is 8.43. The van der Waals surface area contributed by atoms with Gasteiger partial charge in [0.15, 0.2) is 0 Å². The molecule has 62 valence electrons. The normalized spacial score (nSPS) is 13.5. The molecule has 2 N–H and O–H groups in total. The average molecular weight is 154 g/mol. The van der Waals surface area contributed by atoms with E-state index in [1.165, 1.54) is 0 Å². The van der Waals surface area contributed by atoms with Gasteiger partial charge in [0.1, 0.15) is 11.6 Å². The second-order valence-electron chi connectivity index (χ2n) is 2.87. The topological polar surface area (TPSA) is 56.7 Å². The number of nitrogens with two attached hydrogens (primary N) is 1. The first-order valence-electron chi connectivity index (χ1n) is 3.73. The maximum Gasteiger partial charge on any atom is 0.147 e. The molecule has 1 heterocycles. The van der Waals surface area contributed by atoms with Gasteiger partial charge in [0.05, 0.1) is 6.54 Å². The molecule has 11 heavy (non-hydrogen) atoms. The van der Waals surface area contributed by atoms with Gasteiger partial charge in [0, 0.05) is 6.04 Å². The van der Waals surface area contributed by atoms with E-state index in [0.717, 1.165) is 18.2 Å². The highest BCUT2D eigenvalue weighted by molar-refractivity contribution is 4.87. The smallest absolute Gasteiger partial charge is 0.147 e. The maximum absolute atomic E-state index is 5.61. The van der Waals surface area contributed by atoms with Gasteiger partial charge < -0.3 is 5.73 Å². The van der Waals surface area contributed by atoms with Gasteiger partial charge in [-0.15, -0.1) is 0 Å². The molecule has 0 saturated heterocycles. The van der Waals surface area contributed by atoms with Crippen LogP contribution in [0.5, 0.6) is 0 Å². The van der Waals surface area contributed by atoms with Crippen molar-refractivity contribution in [2.75, 3.05) is 0 Å². The molecule has 1 aromatic rings. The van der Waals surface area contributed by atoms with Gasteiger partial charge in [0.25, 0.3) is 0 Å². The Morgan fingerprint density at radius 2 is 2.18 bits per heavy atom. The Morgan fingerprint density at radius 3 is 2.55 bits per heavy atom. The third-order valence-electron chi connectivity index (χ3n) is 1.42. The molecular weight excluding hydrogens is 140 g/mol. The molecule has 0 unspecified atom stereocenters. The fourth-order valence-electron chi connectivity index (χ4n) is 1.01. The predicted octanol–water partition coefficient (Wildman–Crippen LogP) is 0.242. The third kappa shape index (κ3) is 2.01. The summed E-state index contributed by atoms with van der Waals surface area (Å²) in [7, 11) is 0. The second-order valence-corrected chi connectivity index (χ2v) is 2.87. The van der Waals surface area contributed by atoms with Gasteiger partial charge in [0.2, 0.25) is 0 Å². The zero-order valence-corrected chi connectivity index (χ0v) is 7.20. The summed E-state index contributed by atoms with van der Waals surface area (Å²) < 4.78 is 1.83. The Balaban J connectivity index is 2.77. The van der Waals surface area contributed by atoms with Crippen LogP contribution in [0.1, 0.15) is 18.6 Å². The Bertz CT molecular complexity index is 239. The first-order valence-corrected chi connectivity index (χ1v) is 3.73. The molecule has 0 fully saturated rings. The van der Waals surface area contributed by atoms with E-state index in [9.17, 15) is 0 Å². The van der Waals surface area contributed by atoms with Crippen molar-refractivity contribution in [1.29, 1.82) is 0 Å². The van der Waals surface area contributed by atoms with Crippen molar-refractivity contribution in [1.82, 2.24) is 14.8 Å². The number of hydrogen-bond acceptors (Lipinski definition) is 3. The van der Waals surface area contributed by atoms with Gasteiger partial charge in [-0.3, -0.25) is 0 Å². The molecule has 0 aliphatic heterocycles. The van der Waals surface area contributed by atoms with Gasteiger partial charge in [-0.2, -0.15) is 5.10 Å². The number of aryl methyl sites for hydroxylation is 2. The van der Waals surface area contributed by atoms with Crippen LogP contribution in [0.2, 0.25) is 0 Å². The fourth-order valence-corrected chi connectivity index (χ4v) is 1.01. The quantitative estimate of drug-likeness (QED) is 0.664. The van der Waals surface area contributed by atoms with E-state index in [0.29, 0.717) is 0 Å². The van der Waals surface area contributed by atoms with Gasteiger partial charge in [-0.05, 0) is 20.8 Å². The van der Waals surface area contributed by atoms with E-state index in [4.69, 9.17) is 5.73 Å². The largest absolute Gasteiger partial charge is 0.326 e. The summed E-state index contributed by atoms with van der Waals surface area (Å²) in [6.45, 7) is 6.51. The van der Waals surface area contributed by atoms with Crippen molar-refractivity contribution < 1.29 is 0 Å². The van der Waals surface area contributed by atoms with Gasteiger partial charge >= 0.3 is 0 Å². The summed E-state index contributed by atoms with van der Waals surface area (Å²) in [5, 5.41) is 4.18. The van der Waals surface area contributed by atoms with E-state index in [-0.39, 0.29) is 6.04 Å². The summed E-state index contributed by atoms with van der Waals surface area (Å²) >= 11 is 0. The van der Waals surface area contributed by atoms with Gasteiger partial charge in [-0.1, -0.05) is 0 Å². The first-order chi connectivity index (χ1) is 5.09. The lowest BCUT2D eigenvalue weighted by molar-refractivity contribution is 0.523. The summed E-state index contributed by atoms with van der Waals surface area (Å²) in [4.78, 5) is 4.16. The highest BCUT2D eigenvalue weighted by Crippen LogP contribution is 1.96. The van der Waals surface area contributed by atoms with E-state index in [1.807, 2.05) is 25.5 Å². The van der Waals surface area contributed by atoms with E-state index >= 15 is 0 Å². The third-order valence-corrected chi connectivity index (χ3v) is 1.42. The Labute approximate surface area is 66.4 Å². The number of nitrogens with zero attached hydrogens (tertiary/aromatic N) is 3. The van der Waals surface area contributed by atoms with Crippen molar-refractivity contribution >= 4 is 0 Å². The fraction of sp³-hybridized carbons (Fsp3) is 0.714. The average Bonchev–Trinajstić information content (AvgIpc) is 2.09. The zero-order valence-electron chi connectivity index (χ0n) is 7.20. The Morgan fingerprint density at radius 1 is 1.55 bits per heavy atom. The Kier molecular flexibility index (Phi) is 2.24. The van der Waals surface area contributed by atoms with Crippen LogP contribution in [0, 0.1) is 13.8 Å². The Hall–Kier alpha value is -0.900. The van der Waals surface area contributed by atoms with Crippen molar-refractivity contribution in [3.63, 3.8) is 0 Å². The lowest BCUT2D eigenvalue weighted by Gasteiger charge is -2.04. The van der Waals surface area contributed by atoms with Crippen LogP contribution < -0.4 is 5.73 Å². The number of hydrogen-bond donors (Lipinski definition) is 1. The maximum atomic E-state index is 5.61. The van der Waals surface area contributed by atoms with Crippen LogP contribution >= 0.6 is 0 Å². The molecule has 0 amide bonds. The van der Waals surface area contributed by atoms with Crippen LogP contribution in [0.15, 0.2) is 0 Å². The van der Waals surface area contributed by atoms with Gasteiger partial charge in [-0.25, -0.2) is 9.67 Å². The van der Waals surface area contributed by atoms with Crippen molar-refractivity contribution in [2.45, 2.75) is 33.4 Å². The molecule has 0 aromatic carbocycles. The molecule has 1 atom stereocenters. The lowest BCUT2D eigenvalue weighted by Crippen LogP contribution is -2.23. The molecule has 0 bridgehead atoms. The highest BCUT2D eigenvalue weighted by Gasteiger charge is 2.03. The summed E-state index contributed by atoms with van der Waals surface area (Å²) in [6.07, 6.45) is 0. The van der Waals surface area contributed by atoms with Crippen LogP contribution in [-0.2, 0) is 6.54 Å². The van der Waals surface area contributed by atoms with E-state index in [2.05, 4.69) is 10.1 Å². The minimum absolute atomic E-state index is 0.134. The lowest BCUT2D eigenvalue weighted by atomic mass is 10.4. The molecule has 0 radical (unpaired) electrons. The first kappa shape index (κ1) is 8.20.